The highest BCUT2D eigenvalue weighted by Gasteiger charge is 2.07. The van der Waals surface area contributed by atoms with Crippen LogP contribution in [0, 0.1) is 6.92 Å². The van der Waals surface area contributed by atoms with Gasteiger partial charge >= 0.3 is 0 Å². The summed E-state index contributed by atoms with van der Waals surface area (Å²) in [4.78, 5) is 11.5. The summed E-state index contributed by atoms with van der Waals surface area (Å²) in [5, 5.41) is 5.82. The number of carbonyl (C=O) groups excluding carboxylic acids is 1. The number of nitrogens with one attached hydrogen (secondary N) is 2. The minimum Gasteiger partial charge on any atom is -0.397 e. The highest BCUT2D eigenvalue weighted by Crippen LogP contribution is 2.27. The number of nitrogens with two attached hydrogens (primary N) is 1. The van der Waals surface area contributed by atoms with Crippen molar-refractivity contribution in [1.29, 1.82) is 0 Å². The molecule has 0 fully saturated rings. The maximum Gasteiger partial charge on any atom is 0.251 e. The van der Waals surface area contributed by atoms with Gasteiger partial charge in [-0.15, -0.1) is 0 Å². The van der Waals surface area contributed by atoms with Gasteiger partial charge in [-0.05, 0) is 48.9 Å². The van der Waals surface area contributed by atoms with Crippen molar-refractivity contribution < 1.29 is 4.79 Å². The van der Waals surface area contributed by atoms with E-state index >= 15 is 0 Å². The van der Waals surface area contributed by atoms with E-state index < -0.39 is 0 Å². The topological polar surface area (TPSA) is 67.2 Å². The maximum atomic E-state index is 11.5. The first-order valence-corrected chi connectivity index (χ1v) is 6.94. The molecule has 104 valence electrons. The van der Waals surface area contributed by atoms with E-state index in [1.165, 1.54) is 0 Å². The van der Waals surface area contributed by atoms with Crippen molar-refractivity contribution in [3.05, 3.63) is 52.0 Å². The largest absolute Gasteiger partial charge is 0.397 e. The summed E-state index contributed by atoms with van der Waals surface area (Å²) in [6, 6.07) is 11.2. The molecule has 0 aliphatic heterocycles. The predicted octanol–water partition coefficient (Wildman–Crippen LogP) is 3.44. The molecule has 5 heteroatoms. The van der Waals surface area contributed by atoms with Gasteiger partial charge in [0.1, 0.15) is 0 Å². The van der Waals surface area contributed by atoms with Gasteiger partial charge in [0.2, 0.25) is 0 Å². The van der Waals surface area contributed by atoms with Gasteiger partial charge in [-0.1, -0.05) is 15.9 Å². The van der Waals surface area contributed by atoms with E-state index in [0.717, 1.165) is 21.4 Å². The molecule has 4 nitrogen and oxygen atoms in total. The maximum absolute atomic E-state index is 11.5. The number of halogens is 1. The molecule has 0 aliphatic carbocycles. The van der Waals surface area contributed by atoms with Crippen molar-refractivity contribution in [1.82, 2.24) is 5.32 Å². The van der Waals surface area contributed by atoms with Crippen molar-refractivity contribution in [2.45, 2.75) is 6.92 Å². The average Bonchev–Trinajstić information content (AvgIpc) is 2.39. The molecule has 0 aromatic heterocycles. The normalized spacial score (nSPS) is 10.2. The molecule has 0 bridgehead atoms. The van der Waals surface area contributed by atoms with Crippen LogP contribution >= 0.6 is 15.9 Å². The van der Waals surface area contributed by atoms with Crippen LogP contribution in [-0.4, -0.2) is 13.0 Å². The number of hydrogen-bond acceptors (Lipinski definition) is 3. The fraction of sp³-hybridized carbons (Fsp3) is 0.133. The van der Waals surface area contributed by atoms with E-state index in [1.54, 1.807) is 25.2 Å². The Bertz CT molecular complexity index is 635. The van der Waals surface area contributed by atoms with E-state index in [-0.39, 0.29) is 5.91 Å². The van der Waals surface area contributed by atoms with Gasteiger partial charge in [0, 0.05) is 22.8 Å². The van der Waals surface area contributed by atoms with Gasteiger partial charge in [-0.25, -0.2) is 0 Å². The van der Waals surface area contributed by atoms with Crippen LogP contribution in [0.5, 0.6) is 0 Å². The van der Waals surface area contributed by atoms with E-state index in [1.807, 2.05) is 25.1 Å². The summed E-state index contributed by atoms with van der Waals surface area (Å²) in [6.07, 6.45) is 0. The third kappa shape index (κ3) is 3.30. The Morgan fingerprint density at radius 1 is 1.20 bits per heavy atom. The molecule has 0 radical (unpaired) electrons. The molecule has 0 spiro atoms. The number of hydrogen-bond donors (Lipinski definition) is 3. The highest BCUT2D eigenvalue weighted by molar-refractivity contribution is 9.10. The lowest BCUT2D eigenvalue weighted by atomic mass is 10.1. The summed E-state index contributed by atoms with van der Waals surface area (Å²) < 4.78 is 1.00. The summed E-state index contributed by atoms with van der Waals surface area (Å²) in [6.45, 7) is 2.02. The predicted molar refractivity (Wildman–Crippen MR) is 86.4 cm³/mol. The molecule has 20 heavy (non-hydrogen) atoms. The number of carbonyl (C=O) groups is 1. The number of nitrogen functional groups attached to an aromatic ring is 1. The Hall–Kier alpha value is -2.01. The molecule has 0 unspecified atom stereocenters. The summed E-state index contributed by atoms with van der Waals surface area (Å²) in [5.74, 6) is -0.151. The number of aryl methyl sites for hydroxylation is 1. The number of benzene rings is 2. The Labute approximate surface area is 126 Å². The third-order valence-corrected chi connectivity index (χ3v) is 3.32. The molecule has 0 aliphatic rings. The number of anilines is 3. The zero-order valence-electron chi connectivity index (χ0n) is 11.3. The molecule has 2 aromatic carbocycles. The monoisotopic (exact) mass is 333 g/mol. The van der Waals surface area contributed by atoms with Crippen LogP contribution in [0.15, 0.2) is 40.9 Å². The van der Waals surface area contributed by atoms with Crippen molar-refractivity contribution in [3.63, 3.8) is 0 Å². The SMILES string of the molecule is CNC(=O)c1ccc(Nc2cc(C)cc(Br)c2)c(N)c1. The van der Waals surface area contributed by atoms with Crippen LogP contribution in [0.2, 0.25) is 0 Å². The summed E-state index contributed by atoms with van der Waals surface area (Å²) >= 11 is 3.46. The van der Waals surface area contributed by atoms with Crippen molar-refractivity contribution in [3.8, 4) is 0 Å². The number of amides is 1. The Kier molecular flexibility index (Phi) is 4.29. The van der Waals surface area contributed by atoms with Crippen LogP contribution in [0.25, 0.3) is 0 Å². The van der Waals surface area contributed by atoms with Crippen LogP contribution < -0.4 is 16.4 Å². The highest BCUT2D eigenvalue weighted by atomic mass is 79.9. The van der Waals surface area contributed by atoms with Crippen LogP contribution in [0.1, 0.15) is 15.9 Å². The molecule has 0 atom stereocenters. The smallest absolute Gasteiger partial charge is 0.251 e. The fourth-order valence-electron chi connectivity index (χ4n) is 1.93. The molecule has 1 amide bonds. The molecule has 4 N–H and O–H groups in total. The zero-order valence-corrected chi connectivity index (χ0v) is 12.9. The minimum absolute atomic E-state index is 0.151. The average molecular weight is 334 g/mol. The van der Waals surface area contributed by atoms with E-state index in [0.29, 0.717) is 11.3 Å². The third-order valence-electron chi connectivity index (χ3n) is 2.86. The second-order valence-corrected chi connectivity index (χ2v) is 5.44. The lowest BCUT2D eigenvalue weighted by molar-refractivity contribution is 0.0963. The lowest BCUT2D eigenvalue weighted by Crippen LogP contribution is -2.17. The Balaban J connectivity index is 2.27. The Morgan fingerprint density at radius 3 is 2.55 bits per heavy atom. The van der Waals surface area contributed by atoms with Gasteiger partial charge in [0.25, 0.3) is 5.91 Å². The van der Waals surface area contributed by atoms with Crippen molar-refractivity contribution >= 4 is 38.9 Å². The summed E-state index contributed by atoms with van der Waals surface area (Å²) in [5.41, 5.74) is 9.91. The summed E-state index contributed by atoms with van der Waals surface area (Å²) in [7, 11) is 1.59. The quantitative estimate of drug-likeness (QED) is 0.753. The molecular weight excluding hydrogens is 318 g/mol. The van der Waals surface area contributed by atoms with Crippen LogP contribution in [0.4, 0.5) is 17.1 Å². The molecule has 2 aromatic rings. The van der Waals surface area contributed by atoms with Gasteiger partial charge < -0.3 is 16.4 Å². The molecule has 2 rings (SSSR count). The van der Waals surface area contributed by atoms with Gasteiger partial charge in [0.05, 0.1) is 11.4 Å². The van der Waals surface area contributed by atoms with E-state index in [9.17, 15) is 4.79 Å². The standard InChI is InChI=1S/C15H16BrN3O/c1-9-5-11(16)8-12(6-9)19-14-4-3-10(7-13(14)17)15(20)18-2/h3-8,19H,17H2,1-2H3,(H,18,20). The lowest BCUT2D eigenvalue weighted by Gasteiger charge is -2.11. The zero-order chi connectivity index (χ0) is 14.7. The molecule has 0 saturated carbocycles. The first-order chi connectivity index (χ1) is 9.49. The fourth-order valence-corrected chi connectivity index (χ4v) is 2.53. The second-order valence-electron chi connectivity index (χ2n) is 4.52. The number of rotatable bonds is 3. The van der Waals surface area contributed by atoms with Gasteiger partial charge in [0.15, 0.2) is 0 Å². The van der Waals surface area contributed by atoms with Crippen LogP contribution in [-0.2, 0) is 0 Å². The second kappa shape index (κ2) is 5.96. The molecule has 0 saturated heterocycles. The van der Waals surface area contributed by atoms with Gasteiger partial charge in [-0.2, -0.15) is 0 Å². The first-order valence-electron chi connectivity index (χ1n) is 6.15. The first kappa shape index (κ1) is 14.4. The van der Waals surface area contributed by atoms with Gasteiger partial charge in [-0.3, -0.25) is 4.79 Å². The van der Waals surface area contributed by atoms with Crippen molar-refractivity contribution in [2.75, 3.05) is 18.1 Å². The minimum atomic E-state index is -0.151. The Morgan fingerprint density at radius 2 is 1.95 bits per heavy atom. The van der Waals surface area contributed by atoms with Crippen LogP contribution in [0.3, 0.4) is 0 Å². The van der Waals surface area contributed by atoms with Crippen molar-refractivity contribution in [2.24, 2.45) is 0 Å². The van der Waals surface area contributed by atoms with E-state index in [4.69, 9.17) is 5.73 Å². The molecular formula is C15H16BrN3O. The molecule has 0 heterocycles. The van der Waals surface area contributed by atoms with E-state index in [2.05, 4.69) is 26.6 Å².